The number of hydrogen-bond acceptors (Lipinski definition) is 3. The summed E-state index contributed by atoms with van der Waals surface area (Å²) in [6.45, 7) is 0.262. The van der Waals surface area contributed by atoms with Gasteiger partial charge in [-0.1, -0.05) is 49.2 Å². The zero-order chi connectivity index (χ0) is 17.6. The molecule has 4 nitrogen and oxygen atoms in total. The fraction of sp³-hybridized carbons (Fsp3) is 0.333. The second-order valence-corrected chi connectivity index (χ2v) is 6.52. The Kier molecular flexibility index (Phi) is 5.47. The molecule has 0 bridgehead atoms. The number of rotatable bonds is 5. The molecule has 0 spiro atoms. The fourth-order valence-corrected chi connectivity index (χ4v) is 3.53. The van der Waals surface area contributed by atoms with Crippen LogP contribution in [-0.4, -0.2) is 23.7 Å². The lowest BCUT2D eigenvalue weighted by Crippen LogP contribution is -2.35. The Morgan fingerprint density at radius 2 is 1.76 bits per heavy atom. The third kappa shape index (κ3) is 3.89. The van der Waals surface area contributed by atoms with Crippen molar-refractivity contribution in [2.75, 3.05) is 6.54 Å². The van der Waals surface area contributed by atoms with Crippen molar-refractivity contribution in [3.8, 4) is 17.2 Å². The lowest BCUT2D eigenvalue weighted by Gasteiger charge is -2.18. The van der Waals surface area contributed by atoms with E-state index in [0.29, 0.717) is 11.1 Å². The molecule has 1 atom stereocenters. The molecule has 2 aromatic carbocycles. The highest BCUT2D eigenvalue weighted by atomic mass is 16.3. The normalized spacial score (nSPS) is 15.5. The number of nitrogens with zero attached hydrogens (tertiary/aromatic N) is 1. The van der Waals surface area contributed by atoms with E-state index >= 15 is 0 Å². The topological polar surface area (TPSA) is 73.1 Å². The van der Waals surface area contributed by atoms with Gasteiger partial charge in [-0.2, -0.15) is 5.26 Å². The first-order valence-electron chi connectivity index (χ1n) is 8.75. The summed E-state index contributed by atoms with van der Waals surface area (Å²) in [6, 6.07) is 16.7. The predicted octanol–water partition coefficient (Wildman–Crippen LogP) is 3.51. The SMILES string of the molecule is N#Cc1ccccc1-c1ccccc1C(=O)NCC(O)C1CCCC1. The number of nitrogens with one attached hydrogen (secondary N) is 1. The molecule has 1 aliphatic carbocycles. The van der Waals surface area contributed by atoms with Crippen molar-refractivity contribution in [3.63, 3.8) is 0 Å². The highest BCUT2D eigenvalue weighted by Gasteiger charge is 2.24. The van der Waals surface area contributed by atoms with Gasteiger partial charge in [0, 0.05) is 17.7 Å². The van der Waals surface area contributed by atoms with Crippen molar-refractivity contribution in [1.82, 2.24) is 5.32 Å². The maximum absolute atomic E-state index is 12.7. The highest BCUT2D eigenvalue weighted by molar-refractivity contribution is 6.01. The lowest BCUT2D eigenvalue weighted by molar-refractivity contribution is 0.0841. The van der Waals surface area contributed by atoms with E-state index in [1.54, 1.807) is 18.2 Å². The van der Waals surface area contributed by atoms with Gasteiger partial charge in [0.25, 0.3) is 5.91 Å². The van der Waals surface area contributed by atoms with Crippen LogP contribution in [0.25, 0.3) is 11.1 Å². The van der Waals surface area contributed by atoms with Gasteiger partial charge in [0.2, 0.25) is 0 Å². The van der Waals surface area contributed by atoms with Gasteiger partial charge in [0.1, 0.15) is 0 Å². The van der Waals surface area contributed by atoms with Crippen LogP contribution in [0.5, 0.6) is 0 Å². The van der Waals surface area contributed by atoms with Crippen LogP contribution in [0, 0.1) is 17.2 Å². The Balaban J connectivity index is 1.78. The summed E-state index contributed by atoms with van der Waals surface area (Å²) >= 11 is 0. The molecule has 2 aromatic rings. The molecule has 2 N–H and O–H groups in total. The van der Waals surface area contributed by atoms with Crippen LogP contribution in [0.15, 0.2) is 48.5 Å². The third-order valence-corrected chi connectivity index (χ3v) is 4.93. The molecule has 0 heterocycles. The molecule has 1 amide bonds. The molecule has 0 aromatic heterocycles. The first-order chi connectivity index (χ1) is 12.2. The molecular formula is C21H22N2O2. The minimum absolute atomic E-state index is 0.222. The second-order valence-electron chi connectivity index (χ2n) is 6.52. The summed E-state index contributed by atoms with van der Waals surface area (Å²) in [6.07, 6.45) is 3.88. The standard InChI is InChI=1S/C21H22N2O2/c22-13-16-9-3-4-10-17(16)18-11-5-6-12-19(18)21(25)23-14-20(24)15-7-1-2-8-15/h3-6,9-12,15,20,24H,1-2,7-8,14H2,(H,23,25). The average molecular weight is 334 g/mol. The molecule has 1 aliphatic rings. The van der Waals surface area contributed by atoms with E-state index in [2.05, 4.69) is 11.4 Å². The van der Waals surface area contributed by atoms with Gasteiger partial charge in [0.15, 0.2) is 0 Å². The van der Waals surface area contributed by atoms with Gasteiger partial charge in [-0.15, -0.1) is 0 Å². The van der Waals surface area contributed by atoms with E-state index in [1.165, 1.54) is 0 Å². The van der Waals surface area contributed by atoms with Crippen LogP contribution in [0.4, 0.5) is 0 Å². The molecule has 1 saturated carbocycles. The molecule has 128 valence electrons. The summed E-state index contributed by atoms with van der Waals surface area (Å²) in [5.74, 6) is 0.0650. The third-order valence-electron chi connectivity index (χ3n) is 4.93. The number of nitriles is 1. The number of aliphatic hydroxyl groups excluding tert-OH is 1. The Morgan fingerprint density at radius 1 is 1.12 bits per heavy atom. The number of carbonyl (C=O) groups is 1. The van der Waals surface area contributed by atoms with Crippen LogP contribution in [0.2, 0.25) is 0 Å². The first-order valence-corrected chi connectivity index (χ1v) is 8.75. The lowest BCUT2D eigenvalue weighted by atomic mass is 9.95. The zero-order valence-electron chi connectivity index (χ0n) is 14.1. The molecule has 0 aliphatic heterocycles. The number of aliphatic hydroxyl groups is 1. The van der Waals surface area contributed by atoms with Gasteiger partial charge in [-0.3, -0.25) is 4.79 Å². The Hall–Kier alpha value is -2.64. The van der Waals surface area contributed by atoms with Gasteiger partial charge in [0.05, 0.1) is 17.7 Å². The number of carbonyl (C=O) groups excluding carboxylic acids is 1. The minimum Gasteiger partial charge on any atom is -0.391 e. The quantitative estimate of drug-likeness (QED) is 0.879. The van der Waals surface area contributed by atoms with Crippen LogP contribution in [0.3, 0.4) is 0 Å². The van der Waals surface area contributed by atoms with Crippen molar-refractivity contribution < 1.29 is 9.90 Å². The van der Waals surface area contributed by atoms with Crippen molar-refractivity contribution >= 4 is 5.91 Å². The predicted molar refractivity (Wildman–Crippen MR) is 96.9 cm³/mol. The molecule has 0 saturated heterocycles. The largest absolute Gasteiger partial charge is 0.391 e. The van der Waals surface area contributed by atoms with E-state index in [0.717, 1.165) is 36.8 Å². The van der Waals surface area contributed by atoms with Crippen molar-refractivity contribution in [2.45, 2.75) is 31.8 Å². The summed E-state index contributed by atoms with van der Waals surface area (Å²) in [7, 11) is 0. The van der Waals surface area contributed by atoms with Crippen LogP contribution in [-0.2, 0) is 0 Å². The summed E-state index contributed by atoms with van der Waals surface area (Å²) in [5.41, 5.74) is 2.53. The first kappa shape index (κ1) is 17.2. The van der Waals surface area contributed by atoms with E-state index in [4.69, 9.17) is 0 Å². The monoisotopic (exact) mass is 334 g/mol. The Labute approximate surface area is 148 Å². The van der Waals surface area contributed by atoms with Crippen molar-refractivity contribution in [3.05, 3.63) is 59.7 Å². The smallest absolute Gasteiger partial charge is 0.252 e. The average Bonchev–Trinajstić information content (AvgIpc) is 3.20. The number of hydrogen-bond donors (Lipinski definition) is 2. The van der Waals surface area contributed by atoms with E-state index in [9.17, 15) is 15.2 Å². The molecule has 4 heteroatoms. The van der Waals surface area contributed by atoms with Crippen LogP contribution >= 0.6 is 0 Å². The summed E-state index contributed by atoms with van der Waals surface area (Å²) in [4.78, 5) is 12.7. The second kappa shape index (κ2) is 7.96. The van der Waals surface area contributed by atoms with Crippen LogP contribution < -0.4 is 5.32 Å². The molecule has 0 radical (unpaired) electrons. The van der Waals surface area contributed by atoms with E-state index in [-0.39, 0.29) is 18.4 Å². The highest BCUT2D eigenvalue weighted by Crippen LogP contribution is 2.28. The Bertz CT molecular complexity index is 788. The van der Waals surface area contributed by atoms with Gasteiger partial charge >= 0.3 is 0 Å². The van der Waals surface area contributed by atoms with Gasteiger partial charge in [-0.05, 0) is 36.5 Å². The van der Waals surface area contributed by atoms with Crippen molar-refractivity contribution in [2.24, 2.45) is 5.92 Å². The minimum atomic E-state index is -0.495. The maximum Gasteiger partial charge on any atom is 0.252 e. The van der Waals surface area contributed by atoms with E-state index in [1.807, 2.05) is 30.3 Å². The number of amides is 1. The maximum atomic E-state index is 12.7. The molecule has 1 unspecified atom stereocenters. The van der Waals surface area contributed by atoms with Crippen molar-refractivity contribution in [1.29, 1.82) is 5.26 Å². The molecular weight excluding hydrogens is 312 g/mol. The van der Waals surface area contributed by atoms with Gasteiger partial charge in [-0.25, -0.2) is 0 Å². The van der Waals surface area contributed by atoms with Gasteiger partial charge < -0.3 is 10.4 Å². The van der Waals surface area contributed by atoms with Crippen LogP contribution in [0.1, 0.15) is 41.6 Å². The number of benzene rings is 2. The summed E-state index contributed by atoms with van der Waals surface area (Å²) < 4.78 is 0. The summed E-state index contributed by atoms with van der Waals surface area (Å²) in [5, 5.41) is 22.4. The molecule has 1 fully saturated rings. The van der Waals surface area contributed by atoms with E-state index < -0.39 is 6.10 Å². The molecule has 25 heavy (non-hydrogen) atoms. The zero-order valence-corrected chi connectivity index (χ0v) is 14.1. The fourth-order valence-electron chi connectivity index (χ4n) is 3.53. The Morgan fingerprint density at radius 3 is 2.48 bits per heavy atom. The molecule has 3 rings (SSSR count).